The number of aromatic nitrogens is 2. The minimum atomic E-state index is -0.137. The molecule has 1 amide bonds. The molecule has 3 rings (SSSR count). The van der Waals surface area contributed by atoms with Crippen LogP contribution in [0.1, 0.15) is 10.4 Å². The molecule has 2 heterocycles. The van der Waals surface area contributed by atoms with Crippen LogP contribution in [0.2, 0.25) is 0 Å². The van der Waals surface area contributed by atoms with Crippen molar-refractivity contribution in [1.29, 1.82) is 0 Å². The highest BCUT2D eigenvalue weighted by Crippen LogP contribution is 2.21. The van der Waals surface area contributed by atoms with Gasteiger partial charge in [0.2, 0.25) is 0 Å². The predicted octanol–water partition coefficient (Wildman–Crippen LogP) is 3.54. The van der Waals surface area contributed by atoms with Crippen molar-refractivity contribution in [2.24, 2.45) is 0 Å². The van der Waals surface area contributed by atoms with E-state index in [1.54, 1.807) is 24.2 Å². The number of benzene rings is 1. The van der Waals surface area contributed by atoms with Gasteiger partial charge in [-0.3, -0.25) is 4.79 Å². The summed E-state index contributed by atoms with van der Waals surface area (Å²) in [5.41, 5.74) is 2.11. The fourth-order valence-electron chi connectivity index (χ4n) is 2.04. The molecule has 100 valence electrons. The Labute approximate surface area is 120 Å². The summed E-state index contributed by atoms with van der Waals surface area (Å²) in [6.45, 7) is 0. The minimum Gasteiger partial charge on any atom is -0.345 e. The maximum Gasteiger partial charge on any atom is 0.257 e. The number of nitrogens with one attached hydrogen (secondary N) is 2. The third kappa shape index (κ3) is 2.40. The van der Waals surface area contributed by atoms with Gasteiger partial charge in [0.1, 0.15) is 5.65 Å². The number of carbonyl (C=O) groups excluding carboxylic acids is 1. The minimum absolute atomic E-state index is 0.137. The Morgan fingerprint density at radius 2 is 2.20 bits per heavy atom. The van der Waals surface area contributed by atoms with Crippen LogP contribution in [0, 0.1) is 0 Å². The van der Waals surface area contributed by atoms with Crippen molar-refractivity contribution in [3.05, 3.63) is 54.4 Å². The van der Waals surface area contributed by atoms with Crippen LogP contribution in [-0.4, -0.2) is 22.1 Å². The third-order valence-electron chi connectivity index (χ3n) is 3.02. The molecule has 0 fully saturated rings. The summed E-state index contributed by atoms with van der Waals surface area (Å²) in [6.07, 6.45) is 5.39. The molecule has 2 aromatic heterocycles. The first kappa shape index (κ1) is 12.7. The van der Waals surface area contributed by atoms with Crippen LogP contribution >= 0.6 is 11.8 Å². The molecule has 2 N–H and O–H groups in total. The fraction of sp³-hybridized carbons (Fsp3) is 0.0667. The van der Waals surface area contributed by atoms with E-state index in [0.29, 0.717) is 5.56 Å². The van der Waals surface area contributed by atoms with Crippen LogP contribution < -0.4 is 5.32 Å². The van der Waals surface area contributed by atoms with Crippen LogP contribution in [-0.2, 0) is 0 Å². The van der Waals surface area contributed by atoms with Crippen molar-refractivity contribution in [1.82, 2.24) is 9.97 Å². The maximum absolute atomic E-state index is 12.3. The van der Waals surface area contributed by atoms with Crippen LogP contribution in [0.25, 0.3) is 11.0 Å². The van der Waals surface area contributed by atoms with Crippen molar-refractivity contribution in [3.8, 4) is 0 Å². The highest BCUT2D eigenvalue weighted by atomic mass is 32.2. The smallest absolute Gasteiger partial charge is 0.257 e. The van der Waals surface area contributed by atoms with Crippen molar-refractivity contribution >= 4 is 34.4 Å². The highest BCUT2D eigenvalue weighted by Gasteiger charge is 2.12. The first-order valence-corrected chi connectivity index (χ1v) is 7.38. The summed E-state index contributed by atoms with van der Waals surface area (Å²) in [6, 6.07) is 11.5. The van der Waals surface area contributed by atoms with Crippen LogP contribution in [0.3, 0.4) is 0 Å². The van der Waals surface area contributed by atoms with Crippen LogP contribution in [0.5, 0.6) is 0 Å². The number of nitrogens with zero attached hydrogens (tertiary/aromatic N) is 1. The average Bonchev–Trinajstić information content (AvgIpc) is 2.91. The number of carbonyl (C=O) groups is 1. The number of H-pyrrole nitrogens is 1. The number of pyridine rings is 1. The number of thioether (sulfide) groups is 1. The Morgan fingerprint density at radius 1 is 1.30 bits per heavy atom. The van der Waals surface area contributed by atoms with E-state index in [9.17, 15) is 4.79 Å². The topological polar surface area (TPSA) is 57.8 Å². The quantitative estimate of drug-likeness (QED) is 0.723. The molecule has 0 aliphatic heterocycles. The third-order valence-corrected chi connectivity index (χ3v) is 3.75. The maximum atomic E-state index is 12.3. The number of anilines is 1. The Bertz CT molecular complexity index is 766. The molecule has 3 aromatic rings. The number of amides is 1. The molecule has 5 heteroatoms. The van der Waals surface area contributed by atoms with Gasteiger partial charge in [-0.1, -0.05) is 6.07 Å². The van der Waals surface area contributed by atoms with Gasteiger partial charge in [0, 0.05) is 28.4 Å². The Balaban J connectivity index is 1.89. The first-order valence-electron chi connectivity index (χ1n) is 6.15. The molecule has 0 aliphatic rings. The lowest BCUT2D eigenvalue weighted by atomic mass is 10.2. The molecule has 0 unspecified atom stereocenters. The van der Waals surface area contributed by atoms with Crippen molar-refractivity contribution < 1.29 is 4.79 Å². The summed E-state index contributed by atoms with van der Waals surface area (Å²) < 4.78 is 0. The summed E-state index contributed by atoms with van der Waals surface area (Å²) in [5.74, 6) is -0.137. The SMILES string of the molecule is CSc1cccc(NC(=O)c2c[nH]c3ncccc23)c1. The normalized spacial score (nSPS) is 10.7. The number of hydrogen-bond acceptors (Lipinski definition) is 3. The average molecular weight is 283 g/mol. The van der Waals surface area contributed by atoms with E-state index in [1.807, 2.05) is 42.7 Å². The van der Waals surface area contributed by atoms with Gasteiger partial charge >= 0.3 is 0 Å². The van der Waals surface area contributed by atoms with Gasteiger partial charge in [0.25, 0.3) is 5.91 Å². The van der Waals surface area contributed by atoms with Crippen molar-refractivity contribution in [2.75, 3.05) is 11.6 Å². The van der Waals surface area contributed by atoms with E-state index in [1.165, 1.54) is 0 Å². The molecule has 0 radical (unpaired) electrons. The molecule has 0 aliphatic carbocycles. The molecule has 0 spiro atoms. The highest BCUT2D eigenvalue weighted by molar-refractivity contribution is 7.98. The molecule has 20 heavy (non-hydrogen) atoms. The van der Waals surface area contributed by atoms with E-state index in [-0.39, 0.29) is 5.91 Å². The lowest BCUT2D eigenvalue weighted by Crippen LogP contribution is -2.11. The zero-order chi connectivity index (χ0) is 13.9. The van der Waals surface area contributed by atoms with Crippen LogP contribution in [0.15, 0.2) is 53.7 Å². The van der Waals surface area contributed by atoms with Gasteiger partial charge in [0.15, 0.2) is 0 Å². The molecule has 0 atom stereocenters. The van der Waals surface area contributed by atoms with Gasteiger partial charge in [0.05, 0.1) is 5.56 Å². The van der Waals surface area contributed by atoms with E-state index in [2.05, 4.69) is 15.3 Å². The number of hydrogen-bond donors (Lipinski definition) is 2. The molecular formula is C15H13N3OS. The predicted molar refractivity (Wildman–Crippen MR) is 82.3 cm³/mol. The second-order valence-electron chi connectivity index (χ2n) is 4.29. The second-order valence-corrected chi connectivity index (χ2v) is 5.17. The van der Waals surface area contributed by atoms with E-state index < -0.39 is 0 Å². The molecule has 0 saturated carbocycles. The van der Waals surface area contributed by atoms with Gasteiger partial charge in [-0.25, -0.2) is 4.98 Å². The van der Waals surface area contributed by atoms with Crippen molar-refractivity contribution in [3.63, 3.8) is 0 Å². The Morgan fingerprint density at radius 3 is 3.05 bits per heavy atom. The first-order chi connectivity index (χ1) is 9.78. The van der Waals surface area contributed by atoms with E-state index in [0.717, 1.165) is 21.6 Å². The van der Waals surface area contributed by atoms with Gasteiger partial charge in [-0.15, -0.1) is 11.8 Å². The van der Waals surface area contributed by atoms with Crippen LogP contribution in [0.4, 0.5) is 5.69 Å². The van der Waals surface area contributed by atoms with E-state index in [4.69, 9.17) is 0 Å². The van der Waals surface area contributed by atoms with Gasteiger partial charge in [-0.2, -0.15) is 0 Å². The standard InChI is InChI=1S/C15H13N3OS/c1-20-11-5-2-4-10(8-11)18-15(19)13-9-17-14-12(13)6-3-7-16-14/h2-9H,1H3,(H,16,17)(H,18,19). The number of aromatic amines is 1. The molecule has 0 bridgehead atoms. The second kappa shape index (κ2) is 5.38. The number of rotatable bonds is 3. The van der Waals surface area contributed by atoms with Gasteiger partial charge < -0.3 is 10.3 Å². The Hall–Kier alpha value is -2.27. The lowest BCUT2D eigenvalue weighted by molar-refractivity contribution is 0.102. The molecule has 1 aromatic carbocycles. The molecular weight excluding hydrogens is 270 g/mol. The zero-order valence-corrected chi connectivity index (χ0v) is 11.7. The van der Waals surface area contributed by atoms with Gasteiger partial charge in [-0.05, 0) is 36.6 Å². The fourth-order valence-corrected chi connectivity index (χ4v) is 2.50. The number of fused-ring (bicyclic) bond motifs is 1. The summed E-state index contributed by atoms with van der Waals surface area (Å²) in [7, 11) is 0. The monoisotopic (exact) mass is 283 g/mol. The van der Waals surface area contributed by atoms with E-state index >= 15 is 0 Å². The lowest BCUT2D eigenvalue weighted by Gasteiger charge is -2.05. The molecule has 4 nitrogen and oxygen atoms in total. The zero-order valence-electron chi connectivity index (χ0n) is 10.9. The van der Waals surface area contributed by atoms with Crippen molar-refractivity contribution in [2.45, 2.75) is 4.90 Å². The summed E-state index contributed by atoms with van der Waals surface area (Å²) in [4.78, 5) is 20.6. The summed E-state index contributed by atoms with van der Waals surface area (Å²) >= 11 is 1.64. The Kier molecular flexibility index (Phi) is 3.43. The summed E-state index contributed by atoms with van der Waals surface area (Å²) in [5, 5.41) is 3.74. The molecule has 0 saturated heterocycles. The largest absolute Gasteiger partial charge is 0.345 e.